The lowest BCUT2D eigenvalue weighted by Crippen LogP contribution is -2.06. The molecular formula is C15H11BrF2O2. The third-order valence-electron chi connectivity index (χ3n) is 2.91. The molecule has 0 unspecified atom stereocenters. The molecule has 2 nitrogen and oxygen atoms in total. The molecule has 0 saturated heterocycles. The highest BCUT2D eigenvalue weighted by Gasteiger charge is 2.17. The third-order valence-corrected chi connectivity index (χ3v) is 3.53. The van der Waals surface area contributed by atoms with E-state index in [4.69, 9.17) is 4.74 Å². The molecule has 0 heterocycles. The average molecular weight is 341 g/mol. The molecule has 0 bridgehead atoms. The maximum absolute atomic E-state index is 13.8. The number of ether oxygens (including phenoxy) is 1. The second-order valence-electron chi connectivity index (χ2n) is 4.26. The van der Waals surface area contributed by atoms with Gasteiger partial charge in [-0.3, -0.25) is 4.79 Å². The maximum Gasteiger partial charge on any atom is 0.196 e. The molecule has 0 spiro atoms. The molecule has 0 aliphatic rings. The third kappa shape index (κ3) is 2.72. The summed E-state index contributed by atoms with van der Waals surface area (Å²) >= 11 is 3.25. The van der Waals surface area contributed by atoms with E-state index in [1.54, 1.807) is 6.07 Å². The van der Waals surface area contributed by atoms with Gasteiger partial charge >= 0.3 is 0 Å². The molecule has 0 saturated carbocycles. The molecule has 0 aliphatic carbocycles. The van der Waals surface area contributed by atoms with Crippen LogP contribution in [0.1, 0.15) is 21.5 Å². The molecular weight excluding hydrogens is 330 g/mol. The zero-order chi connectivity index (χ0) is 14.9. The van der Waals surface area contributed by atoms with E-state index in [0.717, 1.165) is 12.1 Å². The van der Waals surface area contributed by atoms with Crippen LogP contribution in [-0.4, -0.2) is 12.9 Å². The minimum Gasteiger partial charge on any atom is -0.496 e. The van der Waals surface area contributed by atoms with Crippen LogP contribution in [0, 0.1) is 18.6 Å². The van der Waals surface area contributed by atoms with E-state index in [0.29, 0.717) is 10.2 Å². The van der Waals surface area contributed by atoms with Crippen LogP contribution in [0.2, 0.25) is 0 Å². The number of carbonyl (C=O) groups excluding carboxylic acids is 1. The fourth-order valence-corrected chi connectivity index (χ4v) is 2.32. The predicted molar refractivity (Wildman–Crippen MR) is 75.2 cm³/mol. The van der Waals surface area contributed by atoms with Gasteiger partial charge in [-0.15, -0.1) is 0 Å². The Hall–Kier alpha value is -1.75. The SMILES string of the molecule is COc1ccc(C(=O)c2cc(F)c(C)cc2F)cc1Br. The molecule has 2 aromatic carbocycles. The molecule has 2 rings (SSSR count). The van der Waals surface area contributed by atoms with Gasteiger partial charge in [0.25, 0.3) is 0 Å². The summed E-state index contributed by atoms with van der Waals surface area (Å²) in [7, 11) is 1.50. The smallest absolute Gasteiger partial charge is 0.196 e. The Morgan fingerprint density at radius 2 is 1.85 bits per heavy atom. The van der Waals surface area contributed by atoms with E-state index < -0.39 is 17.4 Å². The van der Waals surface area contributed by atoms with Crippen LogP contribution < -0.4 is 4.74 Å². The van der Waals surface area contributed by atoms with Gasteiger partial charge in [-0.1, -0.05) is 0 Å². The highest BCUT2D eigenvalue weighted by atomic mass is 79.9. The van der Waals surface area contributed by atoms with E-state index in [1.165, 1.54) is 26.2 Å². The molecule has 0 fully saturated rings. The Balaban J connectivity index is 2.46. The van der Waals surface area contributed by atoms with Gasteiger partial charge in [0.05, 0.1) is 17.1 Å². The molecule has 0 atom stereocenters. The predicted octanol–water partition coefficient (Wildman–Crippen LogP) is 4.28. The molecule has 0 amide bonds. The van der Waals surface area contributed by atoms with Crippen molar-refractivity contribution in [3.8, 4) is 5.75 Å². The van der Waals surface area contributed by atoms with Crippen molar-refractivity contribution in [3.63, 3.8) is 0 Å². The normalized spacial score (nSPS) is 10.4. The summed E-state index contributed by atoms with van der Waals surface area (Å²) in [6.45, 7) is 1.44. The monoisotopic (exact) mass is 340 g/mol. The first kappa shape index (κ1) is 14.7. The van der Waals surface area contributed by atoms with E-state index >= 15 is 0 Å². The molecule has 0 aromatic heterocycles. The maximum atomic E-state index is 13.8. The Morgan fingerprint density at radius 1 is 1.15 bits per heavy atom. The summed E-state index contributed by atoms with van der Waals surface area (Å²) in [6, 6.07) is 6.54. The number of carbonyl (C=O) groups is 1. The quantitative estimate of drug-likeness (QED) is 0.779. The number of benzene rings is 2. The molecule has 0 aliphatic heterocycles. The molecule has 5 heteroatoms. The molecule has 0 radical (unpaired) electrons. The van der Waals surface area contributed by atoms with Crippen LogP contribution in [0.3, 0.4) is 0 Å². The summed E-state index contributed by atoms with van der Waals surface area (Å²) in [4.78, 5) is 12.2. The lowest BCUT2D eigenvalue weighted by Gasteiger charge is -2.07. The Morgan fingerprint density at radius 3 is 2.45 bits per heavy atom. The van der Waals surface area contributed by atoms with E-state index in [1.807, 2.05) is 0 Å². The number of hydrogen-bond donors (Lipinski definition) is 0. The van der Waals surface area contributed by atoms with Gasteiger partial charge in [-0.2, -0.15) is 0 Å². The first-order valence-corrected chi connectivity index (χ1v) is 6.57. The lowest BCUT2D eigenvalue weighted by atomic mass is 10.0. The minimum absolute atomic E-state index is 0.162. The number of aryl methyl sites for hydroxylation is 1. The summed E-state index contributed by atoms with van der Waals surface area (Å²) in [6.07, 6.45) is 0. The Bertz CT molecular complexity index is 684. The minimum atomic E-state index is -0.735. The largest absolute Gasteiger partial charge is 0.496 e. The first-order valence-electron chi connectivity index (χ1n) is 5.78. The summed E-state index contributed by atoms with van der Waals surface area (Å²) in [5, 5.41) is 0. The molecule has 0 N–H and O–H groups in total. The van der Waals surface area contributed by atoms with Gasteiger partial charge in [-0.05, 0) is 58.7 Å². The van der Waals surface area contributed by atoms with E-state index in [-0.39, 0.29) is 16.7 Å². The zero-order valence-electron chi connectivity index (χ0n) is 10.8. The van der Waals surface area contributed by atoms with Crippen molar-refractivity contribution in [2.24, 2.45) is 0 Å². The number of rotatable bonds is 3. The highest BCUT2D eigenvalue weighted by Crippen LogP contribution is 2.27. The number of methoxy groups -OCH3 is 1. The van der Waals surface area contributed by atoms with Crippen molar-refractivity contribution >= 4 is 21.7 Å². The van der Waals surface area contributed by atoms with Crippen LogP contribution in [0.4, 0.5) is 8.78 Å². The van der Waals surface area contributed by atoms with Gasteiger partial charge in [0, 0.05) is 5.56 Å². The van der Waals surface area contributed by atoms with Gasteiger partial charge in [-0.25, -0.2) is 8.78 Å². The van der Waals surface area contributed by atoms with Gasteiger partial charge in [0.1, 0.15) is 17.4 Å². The van der Waals surface area contributed by atoms with Gasteiger partial charge in [0.2, 0.25) is 0 Å². The highest BCUT2D eigenvalue weighted by molar-refractivity contribution is 9.10. The first-order chi connectivity index (χ1) is 9.43. The molecule has 2 aromatic rings. The van der Waals surface area contributed by atoms with Crippen LogP contribution >= 0.6 is 15.9 Å². The number of hydrogen-bond acceptors (Lipinski definition) is 2. The second kappa shape index (κ2) is 5.71. The molecule has 20 heavy (non-hydrogen) atoms. The van der Waals surface area contributed by atoms with Gasteiger partial charge < -0.3 is 4.74 Å². The number of halogens is 3. The van der Waals surface area contributed by atoms with Crippen molar-refractivity contribution in [1.29, 1.82) is 0 Å². The standard InChI is InChI=1S/C15H11BrF2O2/c1-8-5-13(18)10(7-12(8)17)15(19)9-3-4-14(20-2)11(16)6-9/h3-7H,1-2H3. The van der Waals surface area contributed by atoms with Crippen molar-refractivity contribution in [1.82, 2.24) is 0 Å². The van der Waals surface area contributed by atoms with Crippen LogP contribution in [-0.2, 0) is 0 Å². The van der Waals surface area contributed by atoms with Crippen molar-refractivity contribution in [2.75, 3.05) is 7.11 Å². The summed E-state index contributed by atoms with van der Waals surface area (Å²) in [5.74, 6) is -1.37. The van der Waals surface area contributed by atoms with Crippen LogP contribution in [0.5, 0.6) is 5.75 Å². The Labute approximate surface area is 123 Å². The van der Waals surface area contributed by atoms with Crippen molar-refractivity contribution in [3.05, 3.63) is 63.1 Å². The van der Waals surface area contributed by atoms with E-state index in [2.05, 4.69) is 15.9 Å². The zero-order valence-corrected chi connectivity index (χ0v) is 12.4. The van der Waals surface area contributed by atoms with Crippen LogP contribution in [0.15, 0.2) is 34.8 Å². The summed E-state index contributed by atoms with van der Waals surface area (Å²) < 4.78 is 32.9. The molecule has 104 valence electrons. The van der Waals surface area contributed by atoms with Gasteiger partial charge in [0.15, 0.2) is 5.78 Å². The average Bonchev–Trinajstić information content (AvgIpc) is 2.42. The van der Waals surface area contributed by atoms with Crippen LogP contribution in [0.25, 0.3) is 0 Å². The number of ketones is 1. The lowest BCUT2D eigenvalue weighted by molar-refractivity contribution is 0.103. The van der Waals surface area contributed by atoms with Crippen molar-refractivity contribution in [2.45, 2.75) is 6.92 Å². The Kier molecular flexibility index (Phi) is 4.18. The fraction of sp³-hybridized carbons (Fsp3) is 0.133. The second-order valence-corrected chi connectivity index (χ2v) is 5.11. The van der Waals surface area contributed by atoms with Crippen molar-refractivity contribution < 1.29 is 18.3 Å². The fourth-order valence-electron chi connectivity index (χ4n) is 1.78. The topological polar surface area (TPSA) is 26.3 Å². The summed E-state index contributed by atoms with van der Waals surface area (Å²) in [5.41, 5.74) is 0.125. The van der Waals surface area contributed by atoms with E-state index in [9.17, 15) is 13.6 Å².